The van der Waals surface area contributed by atoms with Gasteiger partial charge < -0.3 is 4.98 Å². The number of carbonyl (C=O) groups excluding carboxylic acids is 1. The molecule has 0 saturated heterocycles. The van der Waals surface area contributed by atoms with Crippen LogP contribution in [-0.4, -0.2) is 10.8 Å². The molecule has 3 nitrogen and oxygen atoms in total. The summed E-state index contributed by atoms with van der Waals surface area (Å²) >= 11 is 0. The number of H-pyrrole nitrogens is 1. The molecule has 0 radical (unpaired) electrons. The van der Waals surface area contributed by atoms with Crippen LogP contribution in [0.3, 0.4) is 0 Å². The average molecular weight is 227 g/mol. The topological polar surface area (TPSA) is 49.9 Å². The van der Waals surface area contributed by atoms with Crippen molar-refractivity contribution in [2.45, 2.75) is 13.3 Å². The highest BCUT2D eigenvalue weighted by atomic mass is 16.1. The van der Waals surface area contributed by atoms with Gasteiger partial charge in [-0.3, -0.25) is 9.59 Å². The highest BCUT2D eigenvalue weighted by Gasteiger charge is 2.11. The lowest BCUT2D eigenvalue weighted by Crippen LogP contribution is -2.14. The first-order chi connectivity index (χ1) is 8.22. The lowest BCUT2D eigenvalue weighted by Gasteiger charge is -2.01. The molecule has 0 aliphatic rings. The summed E-state index contributed by atoms with van der Waals surface area (Å²) in [6.07, 6.45) is 3.89. The third-order valence-corrected chi connectivity index (χ3v) is 2.69. The molecule has 1 heterocycles. The van der Waals surface area contributed by atoms with Crippen molar-refractivity contribution in [1.82, 2.24) is 4.98 Å². The number of aromatic amines is 1. The van der Waals surface area contributed by atoms with Crippen LogP contribution in [0.15, 0.2) is 47.5 Å². The van der Waals surface area contributed by atoms with E-state index in [9.17, 15) is 9.59 Å². The first-order valence-electron chi connectivity index (χ1n) is 5.53. The highest BCUT2D eigenvalue weighted by Crippen LogP contribution is 2.08. The van der Waals surface area contributed by atoms with Gasteiger partial charge in [0.2, 0.25) is 0 Å². The van der Waals surface area contributed by atoms with E-state index in [-0.39, 0.29) is 16.8 Å². The minimum Gasteiger partial charge on any atom is -0.367 e. The van der Waals surface area contributed by atoms with Crippen molar-refractivity contribution in [1.29, 1.82) is 0 Å². The molecule has 0 spiro atoms. The molecule has 0 saturated carbocycles. The molecule has 0 atom stereocenters. The number of aromatic nitrogens is 1. The van der Waals surface area contributed by atoms with Crippen LogP contribution in [0.4, 0.5) is 0 Å². The van der Waals surface area contributed by atoms with Gasteiger partial charge in [0.1, 0.15) is 0 Å². The van der Waals surface area contributed by atoms with Crippen LogP contribution < -0.4 is 5.43 Å². The number of rotatable bonds is 3. The molecule has 0 bridgehead atoms. The molecule has 3 heteroatoms. The van der Waals surface area contributed by atoms with E-state index in [1.54, 1.807) is 12.1 Å². The number of carbonyl (C=O) groups is 1. The summed E-state index contributed by atoms with van der Waals surface area (Å²) in [5.74, 6) is -0.241. The Kier molecular flexibility index (Phi) is 3.19. The van der Waals surface area contributed by atoms with E-state index in [1.807, 2.05) is 12.1 Å². The standard InChI is InChI=1S/C14H13NO2/c1-2-10-3-5-11(6-4-10)14(17)12-9-15-8-7-13(12)16/h3-9H,2H2,1H3,(H,15,16). The highest BCUT2D eigenvalue weighted by molar-refractivity contribution is 6.08. The van der Waals surface area contributed by atoms with E-state index in [1.165, 1.54) is 24.0 Å². The van der Waals surface area contributed by atoms with Crippen LogP contribution in [0.2, 0.25) is 0 Å². The maximum atomic E-state index is 12.0. The number of pyridine rings is 1. The van der Waals surface area contributed by atoms with Gasteiger partial charge in [0.25, 0.3) is 0 Å². The SMILES string of the molecule is CCc1ccc(C(=O)c2c[nH]ccc2=O)cc1. The third-order valence-electron chi connectivity index (χ3n) is 2.69. The molecular formula is C14H13NO2. The molecule has 1 aromatic carbocycles. The summed E-state index contributed by atoms with van der Waals surface area (Å²) in [6, 6.07) is 8.68. The quantitative estimate of drug-likeness (QED) is 0.817. The molecule has 2 rings (SSSR count). The fourth-order valence-electron chi connectivity index (χ4n) is 1.64. The fourth-order valence-corrected chi connectivity index (χ4v) is 1.64. The zero-order valence-corrected chi connectivity index (χ0v) is 9.57. The predicted octanol–water partition coefficient (Wildman–Crippen LogP) is 2.17. The minimum absolute atomic E-state index is 0.178. The number of hydrogen-bond acceptors (Lipinski definition) is 2. The summed E-state index contributed by atoms with van der Waals surface area (Å²) < 4.78 is 0. The first kappa shape index (κ1) is 11.3. The van der Waals surface area contributed by atoms with Gasteiger partial charge in [0, 0.05) is 24.0 Å². The second kappa shape index (κ2) is 4.78. The summed E-state index contributed by atoms with van der Waals surface area (Å²) in [6.45, 7) is 2.05. The van der Waals surface area contributed by atoms with Crippen LogP contribution in [0.5, 0.6) is 0 Å². The van der Waals surface area contributed by atoms with Crippen molar-refractivity contribution in [2.24, 2.45) is 0 Å². The second-order valence-corrected chi connectivity index (χ2v) is 3.80. The largest absolute Gasteiger partial charge is 0.367 e. The smallest absolute Gasteiger partial charge is 0.198 e. The van der Waals surface area contributed by atoms with Crippen molar-refractivity contribution in [3.8, 4) is 0 Å². The van der Waals surface area contributed by atoms with E-state index in [0.717, 1.165) is 6.42 Å². The van der Waals surface area contributed by atoms with Gasteiger partial charge >= 0.3 is 0 Å². The van der Waals surface area contributed by atoms with Gasteiger partial charge in [0.15, 0.2) is 11.2 Å². The molecular weight excluding hydrogens is 214 g/mol. The average Bonchev–Trinajstić information content (AvgIpc) is 2.39. The van der Waals surface area contributed by atoms with Crippen LogP contribution in [0.25, 0.3) is 0 Å². The van der Waals surface area contributed by atoms with Gasteiger partial charge in [-0.25, -0.2) is 0 Å². The molecule has 0 fully saturated rings. The van der Waals surface area contributed by atoms with Gasteiger partial charge in [-0.2, -0.15) is 0 Å². The molecule has 1 N–H and O–H groups in total. The Labute approximate surface area is 99.1 Å². The van der Waals surface area contributed by atoms with Crippen LogP contribution in [-0.2, 0) is 6.42 Å². The normalized spacial score (nSPS) is 10.2. The van der Waals surface area contributed by atoms with Gasteiger partial charge in [-0.05, 0) is 12.0 Å². The molecule has 0 unspecified atom stereocenters. The van der Waals surface area contributed by atoms with E-state index in [4.69, 9.17) is 0 Å². The third kappa shape index (κ3) is 2.33. The second-order valence-electron chi connectivity index (χ2n) is 3.80. The molecule has 0 aliphatic carbocycles. The lowest BCUT2D eigenvalue weighted by molar-refractivity contribution is 0.103. The molecule has 0 amide bonds. The maximum absolute atomic E-state index is 12.0. The number of hydrogen-bond donors (Lipinski definition) is 1. The Hall–Kier alpha value is -2.16. The maximum Gasteiger partial charge on any atom is 0.198 e. The van der Waals surface area contributed by atoms with E-state index >= 15 is 0 Å². The summed E-state index contributed by atoms with van der Waals surface area (Å²) in [5.41, 5.74) is 1.63. The molecule has 2 aromatic rings. The molecule has 86 valence electrons. The van der Waals surface area contributed by atoms with Crippen molar-refractivity contribution >= 4 is 5.78 Å². The van der Waals surface area contributed by atoms with E-state index in [2.05, 4.69) is 11.9 Å². The van der Waals surface area contributed by atoms with E-state index < -0.39 is 0 Å². The summed E-state index contributed by atoms with van der Waals surface area (Å²) in [7, 11) is 0. The lowest BCUT2D eigenvalue weighted by atomic mass is 10.0. The number of benzene rings is 1. The Balaban J connectivity index is 2.37. The summed E-state index contributed by atoms with van der Waals surface area (Å²) in [4.78, 5) is 26.3. The number of ketones is 1. The number of aryl methyl sites for hydroxylation is 1. The molecule has 17 heavy (non-hydrogen) atoms. The predicted molar refractivity (Wildman–Crippen MR) is 66.3 cm³/mol. The first-order valence-corrected chi connectivity index (χ1v) is 5.53. The van der Waals surface area contributed by atoms with Crippen molar-refractivity contribution in [3.05, 3.63) is 69.6 Å². The zero-order chi connectivity index (χ0) is 12.3. The van der Waals surface area contributed by atoms with Crippen LogP contribution in [0.1, 0.15) is 28.4 Å². The van der Waals surface area contributed by atoms with Crippen LogP contribution >= 0.6 is 0 Å². The fraction of sp³-hybridized carbons (Fsp3) is 0.143. The Morgan fingerprint density at radius 2 is 1.88 bits per heavy atom. The van der Waals surface area contributed by atoms with Crippen molar-refractivity contribution in [2.75, 3.05) is 0 Å². The Morgan fingerprint density at radius 1 is 1.18 bits per heavy atom. The monoisotopic (exact) mass is 227 g/mol. The van der Waals surface area contributed by atoms with E-state index in [0.29, 0.717) is 5.56 Å². The Bertz CT molecular complexity index is 582. The van der Waals surface area contributed by atoms with Gasteiger partial charge in [-0.15, -0.1) is 0 Å². The Morgan fingerprint density at radius 3 is 2.47 bits per heavy atom. The van der Waals surface area contributed by atoms with Gasteiger partial charge in [-0.1, -0.05) is 31.2 Å². The van der Waals surface area contributed by atoms with Crippen molar-refractivity contribution < 1.29 is 4.79 Å². The van der Waals surface area contributed by atoms with Crippen LogP contribution in [0, 0.1) is 0 Å². The molecule has 1 aromatic heterocycles. The zero-order valence-electron chi connectivity index (χ0n) is 9.57. The minimum atomic E-state index is -0.256. The van der Waals surface area contributed by atoms with Gasteiger partial charge in [0.05, 0.1) is 5.56 Å². The molecule has 0 aliphatic heterocycles. The number of nitrogens with one attached hydrogen (secondary N) is 1. The summed E-state index contributed by atoms with van der Waals surface area (Å²) in [5, 5.41) is 0. The van der Waals surface area contributed by atoms with Crippen molar-refractivity contribution in [3.63, 3.8) is 0 Å².